The van der Waals surface area contributed by atoms with Gasteiger partial charge < -0.3 is 10.2 Å². The van der Waals surface area contributed by atoms with Crippen LogP contribution in [-0.4, -0.2) is 17.3 Å². The first-order valence-corrected chi connectivity index (χ1v) is 6.67. The number of rotatable bonds is 0. The maximum Gasteiger partial charge on any atom is 0.265 e. The van der Waals surface area contributed by atoms with Crippen LogP contribution in [0.5, 0.6) is 0 Å². The summed E-state index contributed by atoms with van der Waals surface area (Å²) in [4.78, 5) is 14.5. The quantitative estimate of drug-likeness (QED) is 0.582. The molecule has 5 heteroatoms. The Kier molecular flexibility index (Phi) is 2.72. The number of hydrogen-bond donors (Lipinski definition) is 1. The zero-order valence-electron chi connectivity index (χ0n) is 9.64. The fraction of sp³-hybridized carbons (Fsp3) is 0.0769. The first-order valence-electron chi connectivity index (χ1n) is 5.45. The number of thiocarbonyl (C=S) groups is 1. The number of fused-ring (bicyclic) bond motifs is 1. The van der Waals surface area contributed by atoms with E-state index < -0.39 is 0 Å². The largest absolute Gasteiger partial charge is 0.343 e. The summed E-state index contributed by atoms with van der Waals surface area (Å²) >= 11 is 6.33. The average Bonchev–Trinajstić information content (AvgIpc) is 2.69. The molecule has 0 saturated carbocycles. The highest BCUT2D eigenvalue weighted by Gasteiger charge is 2.28. The van der Waals surface area contributed by atoms with Crippen LogP contribution in [0.1, 0.15) is 5.56 Å². The summed E-state index contributed by atoms with van der Waals surface area (Å²) in [6.45, 7) is 0. The van der Waals surface area contributed by atoms with Crippen molar-refractivity contribution in [3.8, 4) is 0 Å². The van der Waals surface area contributed by atoms with E-state index in [-0.39, 0.29) is 5.91 Å². The molecular formula is C13H10N2OS2. The summed E-state index contributed by atoms with van der Waals surface area (Å²) in [6.07, 6.45) is 3.98. The predicted octanol–water partition coefficient (Wildman–Crippen LogP) is 2.51. The van der Waals surface area contributed by atoms with Crippen LogP contribution in [0.2, 0.25) is 0 Å². The van der Waals surface area contributed by atoms with Crippen LogP contribution in [-0.2, 0) is 4.79 Å². The van der Waals surface area contributed by atoms with Gasteiger partial charge in [-0.15, -0.1) is 0 Å². The molecule has 0 aliphatic carbocycles. The van der Waals surface area contributed by atoms with Crippen LogP contribution in [0.4, 0.5) is 5.69 Å². The Morgan fingerprint density at radius 3 is 2.78 bits per heavy atom. The number of nitrogens with one attached hydrogen (secondary N) is 1. The lowest BCUT2D eigenvalue weighted by molar-refractivity contribution is -0.115. The van der Waals surface area contributed by atoms with Gasteiger partial charge in [0.05, 0.1) is 5.70 Å². The Balaban J connectivity index is 2.11. The highest BCUT2D eigenvalue weighted by molar-refractivity contribution is 8.26. The third kappa shape index (κ3) is 1.76. The molecule has 0 atom stereocenters. The van der Waals surface area contributed by atoms with E-state index in [1.807, 2.05) is 42.3 Å². The minimum absolute atomic E-state index is 0.115. The lowest BCUT2D eigenvalue weighted by atomic mass is 10.1. The lowest BCUT2D eigenvalue weighted by Crippen LogP contribution is -2.23. The molecule has 1 aromatic rings. The summed E-state index contributed by atoms with van der Waals surface area (Å²) in [5.74, 6) is -0.115. The molecule has 0 bridgehead atoms. The molecule has 90 valence electrons. The molecule has 18 heavy (non-hydrogen) atoms. The van der Waals surface area contributed by atoms with Crippen molar-refractivity contribution in [2.75, 3.05) is 11.9 Å². The van der Waals surface area contributed by atoms with E-state index in [2.05, 4.69) is 11.4 Å². The van der Waals surface area contributed by atoms with Gasteiger partial charge in [-0.1, -0.05) is 48.3 Å². The Bertz CT molecular complexity index is 619. The number of allylic oxidation sites excluding steroid dienone is 1. The minimum atomic E-state index is -0.115. The van der Waals surface area contributed by atoms with E-state index in [1.165, 1.54) is 11.8 Å². The van der Waals surface area contributed by atoms with Crippen LogP contribution in [0, 0.1) is 0 Å². The van der Waals surface area contributed by atoms with Gasteiger partial charge in [0.25, 0.3) is 5.91 Å². The molecule has 1 fully saturated rings. The normalized spacial score (nSPS) is 22.2. The average molecular weight is 274 g/mol. The minimum Gasteiger partial charge on any atom is -0.343 e. The highest BCUT2D eigenvalue weighted by Crippen LogP contribution is 2.35. The van der Waals surface area contributed by atoms with Crippen molar-refractivity contribution >= 4 is 46.0 Å². The van der Waals surface area contributed by atoms with E-state index >= 15 is 0 Å². The van der Waals surface area contributed by atoms with Crippen molar-refractivity contribution < 1.29 is 4.79 Å². The summed E-state index contributed by atoms with van der Waals surface area (Å²) in [5, 5.41) is 2.65. The molecular weight excluding hydrogens is 264 g/mol. The van der Waals surface area contributed by atoms with Crippen molar-refractivity contribution in [3.05, 3.63) is 46.5 Å². The zero-order chi connectivity index (χ0) is 12.7. The smallest absolute Gasteiger partial charge is 0.265 e. The maximum atomic E-state index is 11.8. The number of benzene rings is 1. The van der Waals surface area contributed by atoms with Crippen molar-refractivity contribution in [2.24, 2.45) is 0 Å². The van der Waals surface area contributed by atoms with Crippen LogP contribution >= 0.6 is 24.0 Å². The molecule has 0 spiro atoms. The fourth-order valence-corrected chi connectivity index (χ4v) is 3.18. The van der Waals surface area contributed by atoms with Crippen molar-refractivity contribution in [3.63, 3.8) is 0 Å². The molecule has 1 saturated heterocycles. The van der Waals surface area contributed by atoms with E-state index in [0.29, 0.717) is 9.23 Å². The molecule has 2 heterocycles. The highest BCUT2D eigenvalue weighted by atomic mass is 32.2. The van der Waals surface area contributed by atoms with Crippen molar-refractivity contribution in [1.29, 1.82) is 0 Å². The van der Waals surface area contributed by atoms with Gasteiger partial charge in [-0.3, -0.25) is 4.79 Å². The molecule has 3 rings (SSSR count). The number of nitrogens with zero attached hydrogens (tertiary/aromatic N) is 1. The standard InChI is InChI=1S/C13H10N2OS2/c1-15-9-5-3-2-4-8(9)6-7-10(15)11-12(16)14-13(17)18-11/h2-7H,1H3,(H,14,16,17)/b11-10-. The number of carbonyl (C=O) groups excluding carboxylic acids is 1. The number of likely N-dealkylation sites (N-methyl/N-ethyl adjacent to an activating group) is 1. The molecule has 2 aliphatic heterocycles. The Morgan fingerprint density at radius 2 is 2.06 bits per heavy atom. The second-order valence-electron chi connectivity index (χ2n) is 4.01. The summed E-state index contributed by atoms with van der Waals surface area (Å²) in [5.41, 5.74) is 3.13. The van der Waals surface area contributed by atoms with Crippen LogP contribution in [0.3, 0.4) is 0 Å². The maximum absolute atomic E-state index is 11.8. The number of hydrogen-bond acceptors (Lipinski definition) is 4. The van der Waals surface area contributed by atoms with Gasteiger partial charge in [-0.2, -0.15) is 0 Å². The molecule has 0 unspecified atom stereocenters. The van der Waals surface area contributed by atoms with Gasteiger partial charge in [0, 0.05) is 12.7 Å². The third-order valence-corrected chi connectivity index (χ3v) is 4.17. The second-order valence-corrected chi connectivity index (χ2v) is 5.70. The second kappa shape index (κ2) is 4.26. The van der Waals surface area contributed by atoms with Gasteiger partial charge in [-0.25, -0.2) is 0 Å². The summed E-state index contributed by atoms with van der Waals surface area (Å²) < 4.78 is 0.517. The molecule has 1 N–H and O–H groups in total. The zero-order valence-corrected chi connectivity index (χ0v) is 11.3. The first-order chi connectivity index (χ1) is 8.66. The van der Waals surface area contributed by atoms with Crippen LogP contribution < -0.4 is 10.2 Å². The predicted molar refractivity (Wildman–Crippen MR) is 79.2 cm³/mol. The van der Waals surface area contributed by atoms with Crippen molar-refractivity contribution in [1.82, 2.24) is 5.32 Å². The third-order valence-electron chi connectivity index (χ3n) is 2.93. The first kappa shape index (κ1) is 11.5. The Morgan fingerprint density at radius 1 is 1.28 bits per heavy atom. The summed E-state index contributed by atoms with van der Waals surface area (Å²) in [7, 11) is 1.96. The number of carbonyl (C=O) groups is 1. The van der Waals surface area contributed by atoms with Gasteiger partial charge in [0.15, 0.2) is 0 Å². The number of amides is 1. The Hall–Kier alpha value is -1.59. The van der Waals surface area contributed by atoms with E-state index in [9.17, 15) is 4.79 Å². The number of anilines is 1. The molecule has 1 aromatic carbocycles. The topological polar surface area (TPSA) is 32.3 Å². The van der Waals surface area contributed by atoms with Gasteiger partial charge in [-0.05, 0) is 17.7 Å². The summed E-state index contributed by atoms with van der Waals surface area (Å²) in [6, 6.07) is 8.08. The lowest BCUT2D eigenvalue weighted by Gasteiger charge is -2.26. The molecule has 2 aliphatic rings. The van der Waals surface area contributed by atoms with E-state index in [4.69, 9.17) is 12.2 Å². The van der Waals surface area contributed by atoms with Crippen LogP contribution in [0.25, 0.3) is 6.08 Å². The molecule has 0 radical (unpaired) electrons. The molecule has 0 aromatic heterocycles. The number of thioether (sulfide) groups is 1. The van der Waals surface area contributed by atoms with Gasteiger partial charge >= 0.3 is 0 Å². The monoisotopic (exact) mass is 274 g/mol. The SMILES string of the molecule is CN1/C(=C2\SC(=S)NC2=O)C=Cc2ccccc21. The number of para-hydroxylation sites is 1. The Labute approximate surface area is 115 Å². The van der Waals surface area contributed by atoms with E-state index in [1.54, 1.807) is 0 Å². The van der Waals surface area contributed by atoms with Gasteiger partial charge in [0.1, 0.15) is 9.23 Å². The molecule has 3 nitrogen and oxygen atoms in total. The van der Waals surface area contributed by atoms with Crippen molar-refractivity contribution in [2.45, 2.75) is 0 Å². The van der Waals surface area contributed by atoms with Crippen LogP contribution in [0.15, 0.2) is 40.9 Å². The van der Waals surface area contributed by atoms with E-state index in [0.717, 1.165) is 16.9 Å². The van der Waals surface area contributed by atoms with Gasteiger partial charge in [0.2, 0.25) is 0 Å². The fourth-order valence-electron chi connectivity index (χ4n) is 2.05. The molecule has 1 amide bonds.